The topological polar surface area (TPSA) is 44.1 Å². The maximum atomic E-state index is 13.4. The van der Waals surface area contributed by atoms with Crippen molar-refractivity contribution in [1.29, 1.82) is 5.26 Å². The summed E-state index contributed by atoms with van der Waals surface area (Å²) in [7, 11) is 1.52. The molecule has 16 heavy (non-hydrogen) atoms. The fourth-order valence-electron chi connectivity index (χ4n) is 1.19. The molecule has 0 aliphatic rings. The molecule has 0 unspecified atom stereocenters. The molecule has 0 bridgehead atoms. The highest BCUT2D eigenvalue weighted by Gasteiger charge is 2.15. The lowest BCUT2D eigenvalue weighted by Gasteiger charge is -2.15. The summed E-state index contributed by atoms with van der Waals surface area (Å²) in [5.41, 5.74) is -0.0372. The van der Waals surface area contributed by atoms with Crippen LogP contribution in [0.15, 0.2) is 18.2 Å². The molecular weight excluding hydrogens is 231 g/mol. The molecule has 0 fully saturated rings. The van der Waals surface area contributed by atoms with E-state index in [9.17, 15) is 9.18 Å². The minimum absolute atomic E-state index is 0.0372. The maximum Gasteiger partial charge on any atom is 0.256 e. The number of nitrogens with zero attached hydrogens (tertiary/aromatic N) is 2. The minimum atomic E-state index is -0.652. The van der Waals surface area contributed by atoms with Crippen LogP contribution in [0.25, 0.3) is 0 Å². The minimum Gasteiger partial charge on any atom is -0.341 e. The molecule has 84 valence electrons. The first kappa shape index (κ1) is 12.5. The molecule has 0 spiro atoms. The number of carbonyl (C=O) groups excluding carboxylic acids is 1. The van der Waals surface area contributed by atoms with Crippen molar-refractivity contribution in [2.24, 2.45) is 0 Å². The van der Waals surface area contributed by atoms with Crippen molar-refractivity contribution in [2.45, 2.75) is 6.42 Å². The number of rotatable bonds is 3. The van der Waals surface area contributed by atoms with Gasteiger partial charge in [0.25, 0.3) is 5.91 Å². The van der Waals surface area contributed by atoms with Crippen LogP contribution in [0.2, 0.25) is 5.02 Å². The zero-order chi connectivity index (χ0) is 12.1. The third kappa shape index (κ3) is 2.94. The second-order valence-corrected chi connectivity index (χ2v) is 3.70. The van der Waals surface area contributed by atoms with E-state index < -0.39 is 11.7 Å². The predicted octanol–water partition coefficient (Wildman–Crippen LogP) is 2.46. The van der Waals surface area contributed by atoms with E-state index in [0.29, 0.717) is 0 Å². The third-order valence-corrected chi connectivity index (χ3v) is 2.30. The number of amides is 1. The van der Waals surface area contributed by atoms with E-state index in [-0.39, 0.29) is 23.6 Å². The third-order valence-electron chi connectivity index (χ3n) is 2.07. The standard InChI is InChI=1S/C11H10ClFN2O/c1-15(6-2-5-14)11(16)9-4-3-8(12)7-10(9)13/h3-4,7H,2,6H2,1H3. The molecule has 1 aromatic rings. The van der Waals surface area contributed by atoms with Gasteiger partial charge in [0.1, 0.15) is 5.82 Å². The van der Waals surface area contributed by atoms with Crippen molar-refractivity contribution in [3.05, 3.63) is 34.6 Å². The molecule has 5 heteroatoms. The number of benzene rings is 1. The van der Waals surface area contributed by atoms with Gasteiger partial charge < -0.3 is 4.90 Å². The Morgan fingerprint density at radius 2 is 2.31 bits per heavy atom. The second kappa shape index (κ2) is 5.47. The largest absolute Gasteiger partial charge is 0.341 e. The number of nitriles is 1. The molecular formula is C11H10ClFN2O. The Labute approximate surface area is 98.0 Å². The fraction of sp³-hybridized carbons (Fsp3) is 0.273. The number of hydrogen-bond donors (Lipinski definition) is 0. The lowest BCUT2D eigenvalue weighted by atomic mass is 10.2. The van der Waals surface area contributed by atoms with Crippen LogP contribution in [0.3, 0.4) is 0 Å². The zero-order valence-electron chi connectivity index (χ0n) is 8.70. The summed E-state index contributed by atoms with van der Waals surface area (Å²) in [6.07, 6.45) is 0.220. The Balaban J connectivity index is 2.84. The van der Waals surface area contributed by atoms with Crippen LogP contribution in [-0.2, 0) is 0 Å². The summed E-state index contributed by atoms with van der Waals surface area (Å²) in [5.74, 6) is -1.11. The van der Waals surface area contributed by atoms with Gasteiger partial charge in [0.2, 0.25) is 0 Å². The summed E-state index contributed by atoms with van der Waals surface area (Å²) in [6.45, 7) is 0.275. The van der Waals surface area contributed by atoms with Crippen molar-refractivity contribution in [3.63, 3.8) is 0 Å². The van der Waals surface area contributed by atoms with Gasteiger partial charge in [-0.1, -0.05) is 11.6 Å². The number of halogens is 2. The van der Waals surface area contributed by atoms with E-state index in [1.54, 1.807) is 0 Å². The Morgan fingerprint density at radius 1 is 1.62 bits per heavy atom. The van der Waals surface area contributed by atoms with Crippen molar-refractivity contribution in [3.8, 4) is 6.07 Å². The first-order valence-corrected chi connectivity index (χ1v) is 5.01. The Morgan fingerprint density at radius 3 is 2.88 bits per heavy atom. The van der Waals surface area contributed by atoms with E-state index in [4.69, 9.17) is 16.9 Å². The van der Waals surface area contributed by atoms with Crippen LogP contribution in [0, 0.1) is 17.1 Å². The van der Waals surface area contributed by atoms with Crippen LogP contribution >= 0.6 is 11.6 Å². The summed E-state index contributed by atoms with van der Waals surface area (Å²) in [4.78, 5) is 13.0. The molecule has 1 rings (SSSR count). The molecule has 0 saturated heterocycles. The molecule has 0 radical (unpaired) electrons. The molecule has 0 atom stereocenters. The predicted molar refractivity (Wildman–Crippen MR) is 58.6 cm³/mol. The van der Waals surface area contributed by atoms with E-state index in [2.05, 4.69) is 0 Å². The summed E-state index contributed by atoms with van der Waals surface area (Å²) >= 11 is 5.58. The summed E-state index contributed by atoms with van der Waals surface area (Å²) in [5, 5.41) is 8.62. The smallest absolute Gasteiger partial charge is 0.256 e. The van der Waals surface area contributed by atoms with Crippen molar-refractivity contribution in [2.75, 3.05) is 13.6 Å². The van der Waals surface area contributed by atoms with Crippen LogP contribution in [0.1, 0.15) is 16.8 Å². The monoisotopic (exact) mass is 240 g/mol. The molecule has 0 saturated carbocycles. The van der Waals surface area contributed by atoms with E-state index in [0.717, 1.165) is 6.07 Å². The van der Waals surface area contributed by atoms with Gasteiger partial charge in [-0.3, -0.25) is 4.79 Å². The van der Waals surface area contributed by atoms with Crippen molar-refractivity contribution < 1.29 is 9.18 Å². The van der Waals surface area contributed by atoms with E-state index in [1.807, 2.05) is 6.07 Å². The highest BCUT2D eigenvalue weighted by atomic mass is 35.5. The molecule has 3 nitrogen and oxygen atoms in total. The van der Waals surface area contributed by atoms with Gasteiger partial charge in [-0.15, -0.1) is 0 Å². The van der Waals surface area contributed by atoms with Crippen LogP contribution in [0.5, 0.6) is 0 Å². The SMILES string of the molecule is CN(CCC#N)C(=O)c1ccc(Cl)cc1F. The molecule has 1 amide bonds. The zero-order valence-corrected chi connectivity index (χ0v) is 9.46. The summed E-state index contributed by atoms with van der Waals surface area (Å²) < 4.78 is 13.4. The molecule has 0 aromatic heterocycles. The van der Waals surface area contributed by atoms with Gasteiger partial charge in [-0.25, -0.2) is 4.39 Å². The Bertz CT molecular complexity index is 442. The first-order valence-electron chi connectivity index (χ1n) is 4.63. The van der Waals surface area contributed by atoms with Crippen molar-refractivity contribution in [1.82, 2.24) is 4.90 Å². The van der Waals surface area contributed by atoms with Gasteiger partial charge >= 0.3 is 0 Å². The lowest BCUT2D eigenvalue weighted by molar-refractivity contribution is 0.0793. The average molecular weight is 241 g/mol. The summed E-state index contributed by atoms with van der Waals surface area (Å²) in [6, 6.07) is 5.80. The normalized spacial score (nSPS) is 9.62. The molecule has 0 heterocycles. The average Bonchev–Trinajstić information content (AvgIpc) is 2.25. The highest BCUT2D eigenvalue weighted by molar-refractivity contribution is 6.30. The molecule has 0 aliphatic heterocycles. The number of hydrogen-bond acceptors (Lipinski definition) is 2. The first-order chi connectivity index (χ1) is 7.56. The van der Waals surface area contributed by atoms with Gasteiger partial charge in [0, 0.05) is 18.6 Å². The highest BCUT2D eigenvalue weighted by Crippen LogP contribution is 2.15. The second-order valence-electron chi connectivity index (χ2n) is 3.26. The maximum absolute atomic E-state index is 13.4. The van der Waals surface area contributed by atoms with E-state index in [1.165, 1.54) is 24.1 Å². The molecule has 0 N–H and O–H groups in total. The fourth-order valence-corrected chi connectivity index (χ4v) is 1.35. The van der Waals surface area contributed by atoms with E-state index >= 15 is 0 Å². The van der Waals surface area contributed by atoms with Gasteiger partial charge in [0.15, 0.2) is 0 Å². The van der Waals surface area contributed by atoms with Gasteiger partial charge in [0.05, 0.1) is 18.1 Å². The number of carbonyl (C=O) groups is 1. The van der Waals surface area contributed by atoms with Crippen LogP contribution < -0.4 is 0 Å². The van der Waals surface area contributed by atoms with Gasteiger partial charge in [-0.2, -0.15) is 5.26 Å². The van der Waals surface area contributed by atoms with Crippen molar-refractivity contribution >= 4 is 17.5 Å². The van der Waals surface area contributed by atoms with Crippen LogP contribution in [-0.4, -0.2) is 24.4 Å². The van der Waals surface area contributed by atoms with Gasteiger partial charge in [-0.05, 0) is 18.2 Å². The Kier molecular flexibility index (Phi) is 4.27. The lowest BCUT2D eigenvalue weighted by Crippen LogP contribution is -2.28. The van der Waals surface area contributed by atoms with Crippen LogP contribution in [0.4, 0.5) is 4.39 Å². The quantitative estimate of drug-likeness (QED) is 0.815. The molecule has 1 aromatic carbocycles. The molecule has 0 aliphatic carbocycles. The Hall–Kier alpha value is -1.60.